The van der Waals surface area contributed by atoms with Crippen LogP contribution in [0.1, 0.15) is 69.8 Å². The molecule has 2 N–H and O–H groups in total. The van der Waals surface area contributed by atoms with Crippen LogP contribution in [0, 0.1) is 5.92 Å². The molecule has 1 amide bonds. The number of hydrogen-bond donors (Lipinski definition) is 2. The number of carbonyl (C=O) groups is 1. The standard InChI is InChI=1S/C24H30N2O3/c1-14(19-13-25-20-3-2-4-21(23(19)20)29-18-5-6-18)7-22(27)26-16-8-15-9-17(26)12-24(28,10-15)11-16/h2-4,13-18,25,28H,5-12H2,1H3. The number of aromatic amines is 1. The van der Waals surface area contributed by atoms with Crippen LogP contribution in [0.2, 0.25) is 0 Å². The lowest BCUT2D eigenvalue weighted by molar-refractivity contribution is -0.174. The minimum Gasteiger partial charge on any atom is -0.490 e. The molecule has 0 radical (unpaired) electrons. The Hall–Kier alpha value is -2.01. The van der Waals surface area contributed by atoms with Gasteiger partial charge < -0.3 is 19.7 Å². The van der Waals surface area contributed by atoms with Crippen molar-refractivity contribution in [3.8, 4) is 5.75 Å². The van der Waals surface area contributed by atoms with Crippen LogP contribution in [0.4, 0.5) is 0 Å². The molecule has 4 bridgehead atoms. The zero-order valence-corrected chi connectivity index (χ0v) is 17.1. The first kappa shape index (κ1) is 17.8. The van der Waals surface area contributed by atoms with Crippen molar-refractivity contribution in [1.82, 2.24) is 9.88 Å². The Labute approximate surface area is 171 Å². The summed E-state index contributed by atoms with van der Waals surface area (Å²) in [5.74, 6) is 1.93. The van der Waals surface area contributed by atoms with E-state index in [0.29, 0.717) is 18.4 Å². The van der Waals surface area contributed by atoms with Crippen molar-refractivity contribution in [1.29, 1.82) is 0 Å². The van der Waals surface area contributed by atoms with Gasteiger partial charge in [0.1, 0.15) is 5.75 Å². The van der Waals surface area contributed by atoms with E-state index in [-0.39, 0.29) is 23.9 Å². The number of aliphatic hydroxyl groups is 1. The second-order valence-corrected chi connectivity index (χ2v) is 10.1. The quantitative estimate of drug-likeness (QED) is 0.802. The van der Waals surface area contributed by atoms with E-state index in [0.717, 1.165) is 61.6 Å². The molecule has 5 heteroatoms. The van der Waals surface area contributed by atoms with Crippen LogP contribution in [-0.4, -0.2) is 44.7 Å². The lowest BCUT2D eigenvalue weighted by Gasteiger charge is -2.59. The van der Waals surface area contributed by atoms with Crippen molar-refractivity contribution in [2.75, 3.05) is 0 Å². The van der Waals surface area contributed by atoms with Crippen LogP contribution in [-0.2, 0) is 4.79 Å². The Morgan fingerprint density at radius 3 is 2.72 bits per heavy atom. The van der Waals surface area contributed by atoms with Gasteiger partial charge in [-0.15, -0.1) is 0 Å². The third kappa shape index (κ3) is 2.97. The summed E-state index contributed by atoms with van der Waals surface area (Å²) in [5.41, 5.74) is 1.74. The molecule has 2 aromatic rings. The van der Waals surface area contributed by atoms with Gasteiger partial charge in [0.15, 0.2) is 0 Å². The molecule has 1 aromatic carbocycles. The predicted molar refractivity (Wildman–Crippen MR) is 111 cm³/mol. The van der Waals surface area contributed by atoms with Crippen molar-refractivity contribution >= 4 is 16.8 Å². The SMILES string of the molecule is CC(CC(=O)N1C2CC3CC1CC(O)(C3)C2)c1c[nH]c2cccc(OC3CC3)c12. The third-order valence-electron chi connectivity index (χ3n) is 7.71. The van der Waals surface area contributed by atoms with Crippen LogP contribution >= 0.6 is 0 Å². The number of amides is 1. The topological polar surface area (TPSA) is 65.6 Å². The Morgan fingerprint density at radius 2 is 2.03 bits per heavy atom. The summed E-state index contributed by atoms with van der Waals surface area (Å²) in [5, 5.41) is 11.9. The molecular weight excluding hydrogens is 364 g/mol. The molecule has 3 heterocycles. The van der Waals surface area contributed by atoms with Crippen LogP contribution < -0.4 is 4.74 Å². The summed E-state index contributed by atoms with van der Waals surface area (Å²) in [6, 6.07) is 6.63. The Morgan fingerprint density at radius 1 is 1.28 bits per heavy atom. The fourth-order valence-electron chi connectivity index (χ4n) is 6.50. The number of aromatic nitrogens is 1. The first-order chi connectivity index (χ1) is 14.0. The molecule has 2 aliphatic heterocycles. The minimum atomic E-state index is -0.509. The van der Waals surface area contributed by atoms with E-state index in [4.69, 9.17) is 4.74 Å². The molecule has 3 unspecified atom stereocenters. The molecule has 3 saturated carbocycles. The Balaban J connectivity index is 1.24. The summed E-state index contributed by atoms with van der Waals surface area (Å²) in [4.78, 5) is 18.9. The van der Waals surface area contributed by atoms with Crippen molar-refractivity contribution in [3.63, 3.8) is 0 Å². The van der Waals surface area contributed by atoms with Crippen LogP contribution in [0.3, 0.4) is 0 Å². The zero-order chi connectivity index (χ0) is 19.8. The second-order valence-electron chi connectivity index (χ2n) is 10.1. The highest BCUT2D eigenvalue weighted by molar-refractivity contribution is 5.90. The lowest BCUT2D eigenvalue weighted by Crippen LogP contribution is -2.65. The maximum atomic E-state index is 13.4. The number of carbonyl (C=O) groups excluding carboxylic acids is 1. The van der Waals surface area contributed by atoms with E-state index in [1.807, 2.05) is 6.07 Å². The highest BCUT2D eigenvalue weighted by Crippen LogP contribution is 2.51. The molecule has 29 heavy (non-hydrogen) atoms. The predicted octanol–water partition coefficient (Wildman–Crippen LogP) is 4.11. The molecule has 2 saturated heterocycles. The molecule has 5 nitrogen and oxygen atoms in total. The van der Waals surface area contributed by atoms with E-state index in [1.165, 1.54) is 5.56 Å². The van der Waals surface area contributed by atoms with Crippen LogP contribution in [0.25, 0.3) is 10.9 Å². The van der Waals surface area contributed by atoms with Gasteiger partial charge in [0.2, 0.25) is 5.91 Å². The molecule has 7 rings (SSSR count). The number of ether oxygens (including phenoxy) is 1. The van der Waals surface area contributed by atoms with Gasteiger partial charge in [-0.1, -0.05) is 13.0 Å². The maximum absolute atomic E-state index is 13.4. The van der Waals surface area contributed by atoms with E-state index in [9.17, 15) is 9.90 Å². The average Bonchev–Trinajstić information content (AvgIpc) is 3.35. The van der Waals surface area contributed by atoms with E-state index in [1.54, 1.807) is 0 Å². The molecule has 154 valence electrons. The summed E-state index contributed by atoms with van der Waals surface area (Å²) >= 11 is 0. The number of fused-ring (bicyclic) bond motifs is 1. The van der Waals surface area contributed by atoms with E-state index >= 15 is 0 Å². The van der Waals surface area contributed by atoms with Crippen molar-refractivity contribution in [3.05, 3.63) is 30.0 Å². The largest absolute Gasteiger partial charge is 0.490 e. The van der Waals surface area contributed by atoms with Gasteiger partial charge >= 0.3 is 0 Å². The highest BCUT2D eigenvalue weighted by Gasteiger charge is 2.54. The number of H-pyrrole nitrogens is 1. The van der Waals surface area contributed by atoms with Gasteiger partial charge in [0, 0.05) is 35.6 Å². The van der Waals surface area contributed by atoms with Crippen molar-refractivity contribution in [2.24, 2.45) is 5.92 Å². The van der Waals surface area contributed by atoms with Gasteiger partial charge in [-0.2, -0.15) is 0 Å². The molecular formula is C24H30N2O3. The number of nitrogens with zero attached hydrogens (tertiary/aromatic N) is 1. The molecule has 5 aliphatic rings. The first-order valence-electron chi connectivity index (χ1n) is 11.3. The molecule has 0 spiro atoms. The Bertz CT molecular complexity index is 946. The van der Waals surface area contributed by atoms with Crippen molar-refractivity contribution in [2.45, 2.75) is 88.0 Å². The normalized spacial score (nSPS) is 34.0. The van der Waals surface area contributed by atoms with E-state index in [2.05, 4.69) is 35.1 Å². The van der Waals surface area contributed by atoms with E-state index < -0.39 is 5.60 Å². The van der Waals surface area contributed by atoms with Crippen LogP contribution in [0.5, 0.6) is 5.75 Å². The average molecular weight is 395 g/mol. The van der Waals surface area contributed by atoms with Gasteiger partial charge in [0.25, 0.3) is 0 Å². The summed E-state index contributed by atoms with van der Waals surface area (Å²) < 4.78 is 6.15. The number of benzene rings is 1. The zero-order valence-electron chi connectivity index (χ0n) is 17.1. The third-order valence-corrected chi connectivity index (χ3v) is 7.71. The fourth-order valence-corrected chi connectivity index (χ4v) is 6.50. The number of piperidine rings is 2. The number of nitrogens with one attached hydrogen (secondary N) is 1. The number of rotatable bonds is 5. The summed E-state index contributed by atoms with van der Waals surface area (Å²) in [7, 11) is 0. The smallest absolute Gasteiger partial charge is 0.223 e. The molecule has 3 aliphatic carbocycles. The Kier molecular flexibility index (Phi) is 3.83. The second kappa shape index (κ2) is 6.24. The fraction of sp³-hybridized carbons (Fsp3) is 0.625. The van der Waals surface area contributed by atoms with Crippen LogP contribution in [0.15, 0.2) is 24.4 Å². The van der Waals surface area contributed by atoms with Crippen molar-refractivity contribution < 1.29 is 14.6 Å². The molecule has 1 aromatic heterocycles. The van der Waals surface area contributed by atoms with Gasteiger partial charge in [-0.05, 0) is 74.5 Å². The minimum absolute atomic E-state index is 0.125. The van der Waals surface area contributed by atoms with Gasteiger partial charge in [-0.25, -0.2) is 0 Å². The highest BCUT2D eigenvalue weighted by atomic mass is 16.5. The lowest BCUT2D eigenvalue weighted by atomic mass is 9.61. The maximum Gasteiger partial charge on any atom is 0.223 e. The first-order valence-corrected chi connectivity index (χ1v) is 11.3. The van der Waals surface area contributed by atoms with Gasteiger partial charge in [0.05, 0.1) is 11.7 Å². The number of hydrogen-bond acceptors (Lipinski definition) is 3. The molecule has 3 atom stereocenters. The monoisotopic (exact) mass is 394 g/mol. The molecule has 5 fully saturated rings. The van der Waals surface area contributed by atoms with Gasteiger partial charge in [-0.3, -0.25) is 4.79 Å². The summed E-state index contributed by atoms with van der Waals surface area (Å²) in [6.45, 7) is 2.15. The summed E-state index contributed by atoms with van der Waals surface area (Å²) in [6.07, 6.45) is 9.82.